The third-order valence-electron chi connectivity index (χ3n) is 2.39. The summed E-state index contributed by atoms with van der Waals surface area (Å²) in [4.78, 5) is 0. The van der Waals surface area contributed by atoms with E-state index < -0.39 is 0 Å². The third-order valence-corrected chi connectivity index (χ3v) is 3.73. The zero-order valence-corrected chi connectivity index (χ0v) is 9.12. The molecule has 0 amide bonds. The molecule has 1 rings (SSSR count). The molecule has 1 unspecified atom stereocenters. The van der Waals surface area contributed by atoms with Gasteiger partial charge in [-0.3, -0.25) is 0 Å². The van der Waals surface area contributed by atoms with Crippen molar-refractivity contribution in [3.8, 4) is 0 Å². The monoisotopic (exact) mass is 187 g/mol. The highest BCUT2D eigenvalue weighted by Crippen LogP contribution is 2.33. The van der Waals surface area contributed by atoms with Crippen LogP contribution in [0.15, 0.2) is 0 Å². The van der Waals surface area contributed by atoms with Crippen LogP contribution in [0.25, 0.3) is 0 Å². The van der Waals surface area contributed by atoms with E-state index in [2.05, 4.69) is 31.1 Å². The molecule has 1 saturated carbocycles. The average molecular weight is 187 g/mol. The second-order valence-corrected chi connectivity index (χ2v) is 4.89. The topological polar surface area (TPSA) is 12.0 Å². The fourth-order valence-corrected chi connectivity index (χ4v) is 2.44. The van der Waals surface area contributed by atoms with E-state index in [1.807, 2.05) is 0 Å². The summed E-state index contributed by atoms with van der Waals surface area (Å²) < 4.78 is 0. The van der Waals surface area contributed by atoms with Crippen molar-refractivity contribution >= 4 is 11.8 Å². The quantitative estimate of drug-likeness (QED) is 0.615. The average Bonchev–Trinajstić information content (AvgIpc) is 2.87. The summed E-state index contributed by atoms with van der Waals surface area (Å²) in [6, 6.07) is 0.772. The van der Waals surface area contributed by atoms with Gasteiger partial charge in [-0.25, -0.2) is 0 Å². The normalized spacial score (nSPS) is 19.5. The molecule has 1 N–H and O–H groups in total. The second-order valence-electron chi connectivity index (χ2n) is 3.74. The van der Waals surface area contributed by atoms with Crippen LogP contribution in [0.2, 0.25) is 0 Å². The van der Waals surface area contributed by atoms with Gasteiger partial charge in [-0.2, -0.15) is 11.8 Å². The van der Waals surface area contributed by atoms with Crippen LogP contribution < -0.4 is 5.32 Å². The molecule has 1 atom stereocenters. The molecule has 0 saturated heterocycles. The van der Waals surface area contributed by atoms with Crippen LogP contribution in [0.5, 0.6) is 0 Å². The largest absolute Gasteiger partial charge is 0.316 e. The van der Waals surface area contributed by atoms with E-state index in [0.717, 1.165) is 12.0 Å². The molecular formula is C10H21NS. The van der Waals surface area contributed by atoms with Crippen LogP contribution in [-0.2, 0) is 0 Å². The van der Waals surface area contributed by atoms with Crippen LogP contribution in [0, 0.1) is 5.92 Å². The number of hydrogen-bond donors (Lipinski definition) is 1. The summed E-state index contributed by atoms with van der Waals surface area (Å²) in [7, 11) is 2.10. The first-order valence-corrected chi connectivity index (χ1v) is 6.27. The highest BCUT2D eigenvalue weighted by molar-refractivity contribution is 7.99. The van der Waals surface area contributed by atoms with Crippen molar-refractivity contribution in [2.24, 2.45) is 5.92 Å². The SMILES string of the molecule is CCCSCC(CC1CC1)NC. The van der Waals surface area contributed by atoms with Gasteiger partial charge in [-0.15, -0.1) is 0 Å². The van der Waals surface area contributed by atoms with E-state index in [0.29, 0.717) is 0 Å². The molecule has 1 nitrogen and oxygen atoms in total. The Labute approximate surface area is 80.7 Å². The molecule has 0 aliphatic heterocycles. The molecule has 1 aliphatic carbocycles. The summed E-state index contributed by atoms with van der Waals surface area (Å²) in [6.45, 7) is 2.25. The number of nitrogens with one attached hydrogen (secondary N) is 1. The fourth-order valence-electron chi connectivity index (χ4n) is 1.40. The van der Waals surface area contributed by atoms with Gasteiger partial charge >= 0.3 is 0 Å². The van der Waals surface area contributed by atoms with Crippen LogP contribution in [-0.4, -0.2) is 24.6 Å². The first-order chi connectivity index (χ1) is 5.86. The molecule has 0 spiro atoms. The minimum Gasteiger partial charge on any atom is -0.316 e. The Morgan fingerprint density at radius 1 is 1.50 bits per heavy atom. The predicted octanol–water partition coefficient (Wildman–Crippen LogP) is 2.52. The van der Waals surface area contributed by atoms with Crippen molar-refractivity contribution in [1.82, 2.24) is 5.32 Å². The van der Waals surface area contributed by atoms with Crippen molar-refractivity contribution in [2.45, 2.75) is 38.6 Å². The van der Waals surface area contributed by atoms with Gasteiger partial charge in [-0.05, 0) is 31.6 Å². The Morgan fingerprint density at radius 3 is 2.75 bits per heavy atom. The molecular weight excluding hydrogens is 166 g/mol. The van der Waals surface area contributed by atoms with Gasteiger partial charge in [0.1, 0.15) is 0 Å². The Kier molecular flexibility index (Phi) is 5.08. The lowest BCUT2D eigenvalue weighted by Gasteiger charge is -2.14. The second kappa shape index (κ2) is 5.87. The fraction of sp³-hybridized carbons (Fsp3) is 1.00. The van der Waals surface area contributed by atoms with Crippen LogP contribution >= 0.6 is 11.8 Å². The summed E-state index contributed by atoms with van der Waals surface area (Å²) >= 11 is 2.09. The van der Waals surface area contributed by atoms with Crippen molar-refractivity contribution in [3.63, 3.8) is 0 Å². The Morgan fingerprint density at radius 2 is 2.25 bits per heavy atom. The number of rotatable bonds is 7. The van der Waals surface area contributed by atoms with E-state index in [1.165, 1.54) is 37.2 Å². The van der Waals surface area contributed by atoms with Crippen molar-refractivity contribution in [2.75, 3.05) is 18.6 Å². The Balaban J connectivity index is 1.98. The van der Waals surface area contributed by atoms with Crippen LogP contribution in [0.3, 0.4) is 0 Å². The molecule has 0 aromatic carbocycles. The lowest BCUT2D eigenvalue weighted by atomic mass is 10.2. The zero-order chi connectivity index (χ0) is 8.81. The van der Waals surface area contributed by atoms with Gasteiger partial charge in [0.25, 0.3) is 0 Å². The van der Waals surface area contributed by atoms with Gasteiger partial charge in [-0.1, -0.05) is 19.8 Å². The maximum absolute atomic E-state index is 3.41. The van der Waals surface area contributed by atoms with E-state index in [4.69, 9.17) is 0 Å². The molecule has 0 bridgehead atoms. The van der Waals surface area contributed by atoms with Crippen molar-refractivity contribution in [3.05, 3.63) is 0 Å². The summed E-state index contributed by atoms with van der Waals surface area (Å²) in [5, 5.41) is 3.41. The van der Waals surface area contributed by atoms with Gasteiger partial charge in [0.15, 0.2) is 0 Å². The van der Waals surface area contributed by atoms with Crippen molar-refractivity contribution < 1.29 is 0 Å². The molecule has 12 heavy (non-hydrogen) atoms. The lowest BCUT2D eigenvalue weighted by Crippen LogP contribution is -2.28. The summed E-state index contributed by atoms with van der Waals surface area (Å²) in [5.74, 6) is 3.69. The van der Waals surface area contributed by atoms with E-state index in [1.54, 1.807) is 0 Å². The van der Waals surface area contributed by atoms with Gasteiger partial charge < -0.3 is 5.32 Å². The highest BCUT2D eigenvalue weighted by atomic mass is 32.2. The smallest absolute Gasteiger partial charge is 0.0157 e. The minimum atomic E-state index is 0.772. The number of thioether (sulfide) groups is 1. The van der Waals surface area contributed by atoms with Crippen LogP contribution in [0.1, 0.15) is 32.6 Å². The zero-order valence-electron chi connectivity index (χ0n) is 8.31. The van der Waals surface area contributed by atoms with Gasteiger partial charge in [0.05, 0.1) is 0 Å². The highest BCUT2D eigenvalue weighted by Gasteiger charge is 2.24. The maximum Gasteiger partial charge on any atom is 0.0157 e. The third kappa shape index (κ3) is 4.36. The van der Waals surface area contributed by atoms with E-state index in [9.17, 15) is 0 Å². The van der Waals surface area contributed by atoms with Crippen LogP contribution in [0.4, 0.5) is 0 Å². The molecule has 72 valence electrons. The molecule has 0 aromatic heterocycles. The van der Waals surface area contributed by atoms with Crippen molar-refractivity contribution in [1.29, 1.82) is 0 Å². The molecule has 0 heterocycles. The van der Waals surface area contributed by atoms with E-state index in [-0.39, 0.29) is 0 Å². The number of hydrogen-bond acceptors (Lipinski definition) is 2. The predicted molar refractivity (Wildman–Crippen MR) is 57.8 cm³/mol. The standard InChI is InChI=1S/C10H21NS/c1-3-6-12-8-10(11-2)7-9-4-5-9/h9-11H,3-8H2,1-2H3. The van der Waals surface area contributed by atoms with E-state index >= 15 is 0 Å². The first kappa shape index (κ1) is 10.4. The Hall–Kier alpha value is 0.310. The maximum atomic E-state index is 3.41. The summed E-state index contributed by atoms with van der Waals surface area (Å²) in [6.07, 6.45) is 5.69. The molecule has 0 aromatic rings. The lowest BCUT2D eigenvalue weighted by molar-refractivity contribution is 0.536. The summed E-state index contributed by atoms with van der Waals surface area (Å²) in [5.41, 5.74) is 0. The molecule has 1 fully saturated rings. The molecule has 2 heteroatoms. The Bertz CT molecular complexity index is 112. The minimum absolute atomic E-state index is 0.772. The molecule has 1 aliphatic rings. The van der Waals surface area contributed by atoms with Gasteiger partial charge in [0.2, 0.25) is 0 Å². The molecule has 0 radical (unpaired) electrons. The first-order valence-electron chi connectivity index (χ1n) is 5.11. The van der Waals surface area contributed by atoms with Gasteiger partial charge in [0, 0.05) is 11.8 Å².